The van der Waals surface area contributed by atoms with Crippen LogP contribution in [0.25, 0.3) is 0 Å². The van der Waals surface area contributed by atoms with E-state index in [-0.39, 0.29) is 24.5 Å². The third-order valence-corrected chi connectivity index (χ3v) is 4.74. The molecule has 0 bridgehead atoms. The van der Waals surface area contributed by atoms with Gasteiger partial charge in [0.15, 0.2) is 12.8 Å². The molecule has 1 saturated heterocycles. The Morgan fingerprint density at radius 2 is 2.33 bits per heavy atom. The van der Waals surface area contributed by atoms with Crippen LogP contribution in [0.3, 0.4) is 0 Å². The van der Waals surface area contributed by atoms with E-state index in [9.17, 15) is 9.18 Å². The molecule has 0 saturated carbocycles. The van der Waals surface area contributed by atoms with Crippen LogP contribution in [0.1, 0.15) is 30.9 Å². The van der Waals surface area contributed by atoms with Gasteiger partial charge in [-0.1, -0.05) is 0 Å². The zero-order chi connectivity index (χ0) is 19.2. The van der Waals surface area contributed by atoms with Crippen molar-refractivity contribution in [3.05, 3.63) is 29.1 Å². The molecule has 0 amide bonds. The van der Waals surface area contributed by atoms with Crippen LogP contribution >= 0.6 is 0 Å². The molecule has 27 heavy (non-hydrogen) atoms. The number of hydrogen-bond donors (Lipinski definition) is 1. The van der Waals surface area contributed by atoms with Gasteiger partial charge in [-0.2, -0.15) is 0 Å². The highest BCUT2D eigenvalue weighted by Gasteiger charge is 2.28. The quantitative estimate of drug-likeness (QED) is 0.490. The second-order valence-electron chi connectivity index (χ2n) is 6.60. The number of carbonyl (C=O) groups is 1. The number of halogens is 1. The molecule has 1 aromatic carbocycles. The van der Waals surface area contributed by atoms with E-state index in [1.54, 1.807) is 7.05 Å². The van der Waals surface area contributed by atoms with Crippen molar-refractivity contribution in [2.75, 3.05) is 33.5 Å². The minimum atomic E-state index is -0.324. The topological polar surface area (TPSA) is 72.4 Å². The van der Waals surface area contributed by atoms with E-state index in [0.29, 0.717) is 49.1 Å². The Balaban J connectivity index is 1.66. The summed E-state index contributed by atoms with van der Waals surface area (Å²) in [7, 11) is 1.70. The predicted octanol–water partition coefficient (Wildman–Crippen LogP) is 2.04. The van der Waals surface area contributed by atoms with Crippen molar-refractivity contribution in [2.45, 2.75) is 32.9 Å². The molecule has 7 nitrogen and oxygen atoms in total. The lowest BCUT2D eigenvalue weighted by Crippen LogP contribution is -2.48. The first kappa shape index (κ1) is 19.4. The van der Waals surface area contributed by atoms with Crippen LogP contribution in [0.2, 0.25) is 0 Å². The van der Waals surface area contributed by atoms with Crippen LogP contribution < -0.4 is 10.1 Å². The van der Waals surface area contributed by atoms with Gasteiger partial charge in [-0.15, -0.1) is 0 Å². The molecule has 0 unspecified atom stereocenters. The van der Waals surface area contributed by atoms with E-state index in [4.69, 9.17) is 14.2 Å². The number of benzene rings is 1. The first-order valence-electron chi connectivity index (χ1n) is 9.26. The van der Waals surface area contributed by atoms with Gasteiger partial charge >= 0.3 is 5.97 Å². The number of nitrogens with zero attached hydrogens (tertiary/aromatic N) is 2. The van der Waals surface area contributed by atoms with Gasteiger partial charge in [-0.25, -0.2) is 4.39 Å². The number of carbonyl (C=O) groups excluding carboxylic acids is 1. The minimum Gasteiger partial charge on any atom is -0.467 e. The monoisotopic (exact) mass is 379 g/mol. The number of fused-ring (bicyclic) bond motifs is 1. The van der Waals surface area contributed by atoms with E-state index in [0.717, 1.165) is 19.4 Å². The fourth-order valence-electron chi connectivity index (χ4n) is 3.52. The zero-order valence-corrected chi connectivity index (χ0v) is 15.8. The van der Waals surface area contributed by atoms with Crippen LogP contribution in [-0.4, -0.2) is 50.4 Å². The molecule has 0 aliphatic carbocycles. The Kier molecular flexibility index (Phi) is 6.49. The number of aliphatic imine (C=N–C) groups is 1. The van der Waals surface area contributed by atoms with Crippen LogP contribution in [0, 0.1) is 11.7 Å². The summed E-state index contributed by atoms with van der Waals surface area (Å²) < 4.78 is 29.8. The molecule has 0 radical (unpaired) electrons. The highest BCUT2D eigenvalue weighted by atomic mass is 19.1. The van der Waals surface area contributed by atoms with Gasteiger partial charge in [0.1, 0.15) is 11.6 Å². The van der Waals surface area contributed by atoms with Crippen LogP contribution in [0.4, 0.5) is 4.39 Å². The number of nitrogens with one attached hydrogen (secondary N) is 1. The van der Waals surface area contributed by atoms with Gasteiger partial charge in [-0.05, 0) is 31.9 Å². The van der Waals surface area contributed by atoms with E-state index < -0.39 is 0 Å². The molecule has 0 aromatic heterocycles. The highest BCUT2D eigenvalue weighted by molar-refractivity contribution is 5.81. The molecule has 3 rings (SSSR count). The molecule has 1 atom stereocenters. The first-order chi connectivity index (χ1) is 13.1. The maximum absolute atomic E-state index is 13.9. The second-order valence-corrected chi connectivity index (χ2v) is 6.60. The summed E-state index contributed by atoms with van der Waals surface area (Å²) >= 11 is 0. The third-order valence-electron chi connectivity index (χ3n) is 4.74. The largest absolute Gasteiger partial charge is 0.467 e. The Bertz CT molecular complexity index is 710. The van der Waals surface area contributed by atoms with Crippen molar-refractivity contribution in [1.29, 1.82) is 0 Å². The van der Waals surface area contributed by atoms with Crippen LogP contribution in [0.5, 0.6) is 5.75 Å². The second kappa shape index (κ2) is 9.03. The standard InChI is InChI=1S/C19H26FN3O4/c1-3-26-18(24)13-5-4-6-23(10-13)19(21-2)22-9-14-7-16(20)8-15-11-25-12-27-17(14)15/h7-8,13H,3-6,9-12H2,1-2H3,(H,21,22)/t13-/m1/s1. The number of piperidine rings is 1. The number of likely N-dealkylation sites (tertiary alicyclic amines) is 1. The van der Waals surface area contributed by atoms with Crippen molar-refractivity contribution < 1.29 is 23.4 Å². The van der Waals surface area contributed by atoms with Gasteiger partial charge in [0.25, 0.3) is 0 Å². The summed E-state index contributed by atoms with van der Waals surface area (Å²) in [6, 6.07) is 2.89. The molecular formula is C19H26FN3O4. The van der Waals surface area contributed by atoms with Crippen molar-refractivity contribution in [1.82, 2.24) is 10.2 Å². The highest BCUT2D eigenvalue weighted by Crippen LogP contribution is 2.29. The number of esters is 1. The molecule has 2 aliphatic rings. The molecule has 1 fully saturated rings. The van der Waals surface area contributed by atoms with Crippen LogP contribution in [-0.2, 0) is 27.4 Å². The van der Waals surface area contributed by atoms with E-state index in [2.05, 4.69) is 10.3 Å². The maximum Gasteiger partial charge on any atom is 0.310 e. The Labute approximate surface area is 158 Å². The fourth-order valence-corrected chi connectivity index (χ4v) is 3.52. The van der Waals surface area contributed by atoms with Crippen LogP contribution in [0.15, 0.2) is 17.1 Å². The van der Waals surface area contributed by atoms with Gasteiger partial charge in [0.05, 0.1) is 19.1 Å². The molecule has 148 valence electrons. The molecule has 1 aromatic rings. The third kappa shape index (κ3) is 4.68. The lowest BCUT2D eigenvalue weighted by Gasteiger charge is -2.34. The van der Waals surface area contributed by atoms with Gasteiger partial charge in [-0.3, -0.25) is 9.79 Å². The van der Waals surface area contributed by atoms with E-state index in [1.807, 2.05) is 11.8 Å². The predicted molar refractivity (Wildman–Crippen MR) is 97.8 cm³/mol. The summed E-state index contributed by atoms with van der Waals surface area (Å²) in [5.41, 5.74) is 1.42. The smallest absolute Gasteiger partial charge is 0.310 e. The number of rotatable bonds is 4. The minimum absolute atomic E-state index is 0.153. The molecule has 0 spiro atoms. The van der Waals surface area contributed by atoms with Crippen molar-refractivity contribution in [3.8, 4) is 5.75 Å². The first-order valence-corrected chi connectivity index (χ1v) is 9.26. The van der Waals surface area contributed by atoms with Crippen molar-refractivity contribution in [2.24, 2.45) is 10.9 Å². The molecule has 1 N–H and O–H groups in total. The average molecular weight is 379 g/mol. The SMILES string of the molecule is CCOC(=O)[C@@H]1CCCN(C(=NC)NCc2cc(F)cc3c2OCOC3)C1. The van der Waals surface area contributed by atoms with E-state index >= 15 is 0 Å². The lowest BCUT2D eigenvalue weighted by atomic mass is 9.98. The number of hydrogen-bond acceptors (Lipinski definition) is 5. The molecule has 2 heterocycles. The van der Waals surface area contributed by atoms with Crippen molar-refractivity contribution >= 4 is 11.9 Å². The summed E-state index contributed by atoms with van der Waals surface area (Å²) in [6.45, 7) is 4.43. The Hall–Kier alpha value is -2.35. The Morgan fingerprint density at radius 3 is 3.11 bits per heavy atom. The van der Waals surface area contributed by atoms with E-state index in [1.165, 1.54) is 12.1 Å². The zero-order valence-electron chi connectivity index (χ0n) is 15.8. The van der Waals surface area contributed by atoms with Crippen molar-refractivity contribution in [3.63, 3.8) is 0 Å². The molecule has 8 heteroatoms. The molecule has 2 aliphatic heterocycles. The lowest BCUT2D eigenvalue weighted by molar-refractivity contribution is -0.149. The average Bonchev–Trinajstić information content (AvgIpc) is 2.68. The molecular weight excluding hydrogens is 353 g/mol. The maximum atomic E-state index is 13.9. The summed E-state index contributed by atoms with van der Waals surface area (Å²) in [5, 5.41) is 3.26. The van der Waals surface area contributed by atoms with Gasteiger partial charge < -0.3 is 24.4 Å². The summed E-state index contributed by atoms with van der Waals surface area (Å²) in [4.78, 5) is 18.4. The van der Waals surface area contributed by atoms with Gasteiger partial charge in [0.2, 0.25) is 0 Å². The van der Waals surface area contributed by atoms with Gasteiger partial charge in [0, 0.05) is 37.8 Å². The number of ether oxygens (including phenoxy) is 3. The fraction of sp³-hybridized carbons (Fsp3) is 0.579. The Morgan fingerprint density at radius 1 is 1.48 bits per heavy atom. The number of guanidine groups is 1. The normalized spacial score (nSPS) is 19.9. The summed E-state index contributed by atoms with van der Waals surface area (Å²) in [6.07, 6.45) is 1.71. The summed E-state index contributed by atoms with van der Waals surface area (Å²) in [5.74, 6) is 0.697.